The van der Waals surface area contributed by atoms with Crippen molar-refractivity contribution >= 4 is 0 Å². The fourth-order valence-corrected chi connectivity index (χ4v) is 2.45. The lowest BCUT2D eigenvalue weighted by molar-refractivity contribution is 0.157. The van der Waals surface area contributed by atoms with Crippen LogP contribution in [-0.2, 0) is 6.42 Å². The summed E-state index contributed by atoms with van der Waals surface area (Å²) in [6.45, 7) is 7.40. The first kappa shape index (κ1) is 12.6. The molecule has 0 amide bonds. The van der Waals surface area contributed by atoms with E-state index in [0.717, 1.165) is 24.6 Å². The van der Waals surface area contributed by atoms with E-state index >= 15 is 0 Å². The lowest BCUT2D eigenvalue weighted by Gasteiger charge is -2.34. The van der Waals surface area contributed by atoms with Crippen LogP contribution < -0.4 is 5.73 Å². The van der Waals surface area contributed by atoms with E-state index in [1.165, 1.54) is 19.4 Å². The molecule has 1 saturated heterocycles. The summed E-state index contributed by atoms with van der Waals surface area (Å²) >= 11 is 0. The minimum Gasteiger partial charge on any atom is -0.448 e. The number of rotatable bonds is 4. The Kier molecular flexibility index (Phi) is 4.18. The largest absolute Gasteiger partial charge is 0.448 e. The zero-order valence-electron chi connectivity index (χ0n) is 10.9. The first-order valence-electron chi connectivity index (χ1n) is 6.59. The number of aromatic nitrogens is 1. The van der Waals surface area contributed by atoms with Crippen molar-refractivity contribution in [2.75, 3.05) is 19.6 Å². The van der Waals surface area contributed by atoms with E-state index in [1.807, 2.05) is 0 Å². The lowest BCUT2D eigenvalue weighted by atomic mass is 9.97. The summed E-state index contributed by atoms with van der Waals surface area (Å²) < 4.78 is 5.59. The molecule has 1 unspecified atom stereocenters. The lowest BCUT2D eigenvalue weighted by Crippen LogP contribution is -2.39. The molecule has 2 N–H and O–H groups in total. The summed E-state index contributed by atoms with van der Waals surface area (Å²) in [5.41, 5.74) is 6.51. The Morgan fingerprint density at radius 1 is 1.59 bits per heavy atom. The van der Waals surface area contributed by atoms with Gasteiger partial charge in [0.15, 0.2) is 5.89 Å². The highest BCUT2D eigenvalue weighted by molar-refractivity contribution is 5.03. The standard InChI is InChI=1S/C13H23N3O/c1-10(2)16-7-3-4-11(8-16)13-15-12(5-6-14)9-17-13/h9-11H,3-8,14H2,1-2H3. The Hall–Kier alpha value is -0.870. The Bertz CT molecular complexity index is 348. The smallest absolute Gasteiger partial charge is 0.198 e. The second-order valence-electron chi connectivity index (χ2n) is 5.14. The third-order valence-corrected chi connectivity index (χ3v) is 3.50. The molecule has 4 nitrogen and oxygen atoms in total. The number of oxazole rings is 1. The topological polar surface area (TPSA) is 55.3 Å². The van der Waals surface area contributed by atoms with Gasteiger partial charge in [0.05, 0.1) is 5.69 Å². The summed E-state index contributed by atoms with van der Waals surface area (Å²) in [7, 11) is 0. The molecule has 1 aliphatic rings. The maximum Gasteiger partial charge on any atom is 0.198 e. The van der Waals surface area contributed by atoms with E-state index in [0.29, 0.717) is 18.5 Å². The van der Waals surface area contributed by atoms with Crippen LogP contribution in [0.5, 0.6) is 0 Å². The zero-order valence-corrected chi connectivity index (χ0v) is 10.9. The second-order valence-corrected chi connectivity index (χ2v) is 5.14. The summed E-state index contributed by atoms with van der Waals surface area (Å²) in [6.07, 6.45) is 4.99. The minimum atomic E-state index is 0.456. The molecule has 0 radical (unpaired) electrons. The third kappa shape index (κ3) is 3.07. The molecule has 0 aromatic carbocycles. The number of nitrogens with zero attached hydrogens (tertiary/aromatic N) is 2. The molecule has 0 spiro atoms. The molecular weight excluding hydrogens is 214 g/mol. The van der Waals surface area contributed by atoms with Crippen LogP contribution in [0.25, 0.3) is 0 Å². The zero-order chi connectivity index (χ0) is 12.3. The molecule has 1 aliphatic heterocycles. The number of hydrogen-bond acceptors (Lipinski definition) is 4. The molecule has 2 heterocycles. The van der Waals surface area contributed by atoms with E-state index in [4.69, 9.17) is 10.2 Å². The first-order valence-corrected chi connectivity index (χ1v) is 6.59. The molecule has 96 valence electrons. The molecule has 0 saturated carbocycles. The van der Waals surface area contributed by atoms with Crippen molar-refractivity contribution < 1.29 is 4.42 Å². The van der Waals surface area contributed by atoms with Crippen molar-refractivity contribution in [3.8, 4) is 0 Å². The molecule has 17 heavy (non-hydrogen) atoms. The van der Waals surface area contributed by atoms with Crippen LogP contribution in [0, 0.1) is 0 Å². The van der Waals surface area contributed by atoms with Crippen LogP contribution in [0.3, 0.4) is 0 Å². The van der Waals surface area contributed by atoms with Gasteiger partial charge in [-0.2, -0.15) is 0 Å². The molecule has 1 atom stereocenters. The van der Waals surface area contributed by atoms with Gasteiger partial charge in [-0.15, -0.1) is 0 Å². The monoisotopic (exact) mass is 237 g/mol. The van der Waals surface area contributed by atoms with Gasteiger partial charge in [-0.25, -0.2) is 4.98 Å². The Morgan fingerprint density at radius 3 is 3.12 bits per heavy atom. The molecule has 1 aromatic heterocycles. The van der Waals surface area contributed by atoms with Gasteiger partial charge in [-0.05, 0) is 39.8 Å². The number of piperidine rings is 1. The Labute approximate surface area is 103 Å². The molecule has 4 heteroatoms. The van der Waals surface area contributed by atoms with Crippen molar-refractivity contribution in [3.63, 3.8) is 0 Å². The van der Waals surface area contributed by atoms with Crippen LogP contribution in [0.15, 0.2) is 10.7 Å². The fourth-order valence-electron chi connectivity index (χ4n) is 2.45. The van der Waals surface area contributed by atoms with Gasteiger partial charge in [-0.1, -0.05) is 0 Å². The van der Waals surface area contributed by atoms with Gasteiger partial charge in [0.1, 0.15) is 6.26 Å². The minimum absolute atomic E-state index is 0.456. The highest BCUT2D eigenvalue weighted by Gasteiger charge is 2.26. The van der Waals surface area contributed by atoms with Crippen molar-refractivity contribution in [1.29, 1.82) is 0 Å². The van der Waals surface area contributed by atoms with Crippen molar-refractivity contribution in [3.05, 3.63) is 17.8 Å². The first-order chi connectivity index (χ1) is 8.20. The molecule has 1 fully saturated rings. The van der Waals surface area contributed by atoms with Gasteiger partial charge in [0.2, 0.25) is 0 Å². The van der Waals surface area contributed by atoms with Gasteiger partial charge < -0.3 is 15.1 Å². The van der Waals surface area contributed by atoms with E-state index in [-0.39, 0.29) is 0 Å². The Balaban J connectivity index is 2.00. The maximum atomic E-state index is 5.59. The third-order valence-electron chi connectivity index (χ3n) is 3.50. The average molecular weight is 237 g/mol. The molecule has 0 bridgehead atoms. The van der Waals surface area contributed by atoms with Gasteiger partial charge in [0, 0.05) is 24.9 Å². The Morgan fingerprint density at radius 2 is 2.41 bits per heavy atom. The van der Waals surface area contributed by atoms with Crippen LogP contribution in [0.2, 0.25) is 0 Å². The highest BCUT2D eigenvalue weighted by Crippen LogP contribution is 2.27. The van der Waals surface area contributed by atoms with Gasteiger partial charge in [0.25, 0.3) is 0 Å². The SMILES string of the molecule is CC(C)N1CCCC(c2nc(CCN)co2)C1. The van der Waals surface area contributed by atoms with Crippen LogP contribution in [0.4, 0.5) is 0 Å². The van der Waals surface area contributed by atoms with Crippen molar-refractivity contribution in [1.82, 2.24) is 9.88 Å². The van der Waals surface area contributed by atoms with E-state index in [9.17, 15) is 0 Å². The maximum absolute atomic E-state index is 5.59. The van der Waals surface area contributed by atoms with Crippen LogP contribution >= 0.6 is 0 Å². The van der Waals surface area contributed by atoms with Gasteiger partial charge >= 0.3 is 0 Å². The normalized spacial score (nSPS) is 22.2. The van der Waals surface area contributed by atoms with Crippen molar-refractivity contribution in [2.45, 2.75) is 45.1 Å². The van der Waals surface area contributed by atoms with E-state index < -0.39 is 0 Å². The number of nitrogens with two attached hydrogens (primary N) is 1. The van der Waals surface area contributed by atoms with E-state index in [2.05, 4.69) is 23.7 Å². The number of likely N-dealkylation sites (tertiary alicyclic amines) is 1. The molecule has 1 aromatic rings. The molecule has 2 rings (SSSR count). The quantitative estimate of drug-likeness (QED) is 0.867. The summed E-state index contributed by atoms with van der Waals surface area (Å²) in [5.74, 6) is 1.36. The van der Waals surface area contributed by atoms with Crippen LogP contribution in [-0.4, -0.2) is 35.6 Å². The van der Waals surface area contributed by atoms with Gasteiger partial charge in [-0.3, -0.25) is 0 Å². The fraction of sp³-hybridized carbons (Fsp3) is 0.769. The molecular formula is C13H23N3O. The van der Waals surface area contributed by atoms with Crippen LogP contribution in [0.1, 0.15) is 44.2 Å². The van der Waals surface area contributed by atoms with Crippen molar-refractivity contribution in [2.24, 2.45) is 5.73 Å². The summed E-state index contributed by atoms with van der Waals surface area (Å²) in [6, 6.07) is 0.608. The number of hydrogen-bond donors (Lipinski definition) is 1. The van der Waals surface area contributed by atoms with E-state index in [1.54, 1.807) is 6.26 Å². The molecule has 0 aliphatic carbocycles. The predicted molar refractivity (Wildman–Crippen MR) is 67.9 cm³/mol. The summed E-state index contributed by atoms with van der Waals surface area (Å²) in [4.78, 5) is 7.05. The summed E-state index contributed by atoms with van der Waals surface area (Å²) in [5, 5.41) is 0. The highest BCUT2D eigenvalue weighted by atomic mass is 16.3. The second kappa shape index (κ2) is 5.65. The average Bonchev–Trinajstić information content (AvgIpc) is 2.78. The predicted octanol–water partition coefficient (Wildman–Crippen LogP) is 1.76.